The summed E-state index contributed by atoms with van der Waals surface area (Å²) >= 11 is 1.34. The van der Waals surface area contributed by atoms with Gasteiger partial charge in [0.25, 0.3) is 11.8 Å². The summed E-state index contributed by atoms with van der Waals surface area (Å²) < 4.78 is 0. The molecule has 148 valence electrons. The highest BCUT2D eigenvalue weighted by atomic mass is 32.1. The van der Waals surface area contributed by atoms with Gasteiger partial charge in [0, 0.05) is 48.9 Å². The number of hydrogen-bond donors (Lipinski definition) is 1. The summed E-state index contributed by atoms with van der Waals surface area (Å²) in [5.41, 5.74) is 2.42. The highest BCUT2D eigenvalue weighted by Crippen LogP contribution is 2.23. The zero-order valence-corrected chi connectivity index (χ0v) is 16.9. The molecule has 1 saturated heterocycles. The smallest absolute Gasteiger partial charge is 0.257 e. The number of pyridine rings is 1. The minimum absolute atomic E-state index is 0.0422. The molecule has 2 amide bonds. The normalized spacial score (nSPS) is 14.6. The molecule has 1 aliphatic rings. The molecule has 1 aliphatic heterocycles. The number of anilines is 1. The second-order valence-electron chi connectivity index (χ2n) is 6.88. The molecule has 1 fully saturated rings. The number of amides is 2. The van der Waals surface area contributed by atoms with Gasteiger partial charge < -0.3 is 9.80 Å². The van der Waals surface area contributed by atoms with E-state index in [1.54, 1.807) is 30.5 Å². The maximum absolute atomic E-state index is 12.8. The standard InChI is InChI=1S/C21H21N5O2S/c1-25-9-11-26(12-10-25)20(28)16-6-4-5-15(13-16)19(27)24-21-23-18(14-29-21)17-7-2-3-8-22-17/h2-8,13-14H,9-12H2,1H3,(H,23,24,27). The Bertz CT molecular complexity index is 1010. The van der Waals surface area contributed by atoms with Gasteiger partial charge in [-0.2, -0.15) is 0 Å². The number of piperazine rings is 1. The first kappa shape index (κ1) is 19.2. The zero-order chi connectivity index (χ0) is 20.2. The number of nitrogens with zero attached hydrogens (tertiary/aromatic N) is 4. The lowest BCUT2D eigenvalue weighted by Gasteiger charge is -2.32. The number of thiazole rings is 1. The van der Waals surface area contributed by atoms with Gasteiger partial charge in [-0.25, -0.2) is 4.98 Å². The lowest BCUT2D eigenvalue weighted by Crippen LogP contribution is -2.47. The maximum Gasteiger partial charge on any atom is 0.257 e. The van der Waals surface area contributed by atoms with Gasteiger partial charge in [-0.15, -0.1) is 11.3 Å². The second-order valence-corrected chi connectivity index (χ2v) is 7.74. The fourth-order valence-corrected chi connectivity index (χ4v) is 3.82. The van der Waals surface area contributed by atoms with Gasteiger partial charge in [0.2, 0.25) is 0 Å². The Balaban J connectivity index is 1.45. The Hall–Kier alpha value is -3.10. The van der Waals surface area contributed by atoms with Crippen LogP contribution in [0, 0.1) is 0 Å². The molecule has 3 aromatic rings. The molecular weight excluding hydrogens is 386 g/mol. The van der Waals surface area contributed by atoms with E-state index in [0.29, 0.717) is 35.0 Å². The van der Waals surface area contributed by atoms with Crippen molar-refractivity contribution in [1.82, 2.24) is 19.8 Å². The first-order chi connectivity index (χ1) is 14.1. The van der Waals surface area contributed by atoms with Crippen LogP contribution < -0.4 is 5.32 Å². The molecule has 1 aromatic carbocycles. The summed E-state index contributed by atoms with van der Waals surface area (Å²) in [6, 6.07) is 12.4. The topological polar surface area (TPSA) is 78.4 Å². The van der Waals surface area contributed by atoms with Crippen LogP contribution in [-0.4, -0.2) is 64.8 Å². The molecule has 0 atom stereocenters. The van der Waals surface area contributed by atoms with Gasteiger partial charge in [0.05, 0.1) is 5.69 Å². The monoisotopic (exact) mass is 407 g/mol. The summed E-state index contributed by atoms with van der Waals surface area (Å²) in [5.74, 6) is -0.334. The largest absolute Gasteiger partial charge is 0.336 e. The number of hydrogen-bond acceptors (Lipinski definition) is 6. The van der Waals surface area contributed by atoms with E-state index >= 15 is 0 Å². The first-order valence-corrected chi connectivity index (χ1v) is 10.2. The van der Waals surface area contributed by atoms with Gasteiger partial charge >= 0.3 is 0 Å². The van der Waals surface area contributed by atoms with Crippen molar-refractivity contribution in [3.05, 3.63) is 65.2 Å². The predicted octanol–water partition coefficient (Wildman–Crippen LogP) is 2.85. The number of benzene rings is 1. The third-order valence-electron chi connectivity index (χ3n) is 4.81. The third kappa shape index (κ3) is 4.49. The van der Waals surface area contributed by atoms with Crippen molar-refractivity contribution in [3.8, 4) is 11.4 Å². The van der Waals surface area contributed by atoms with Gasteiger partial charge in [0.15, 0.2) is 5.13 Å². The molecule has 1 N–H and O–H groups in total. The van der Waals surface area contributed by atoms with Crippen LogP contribution >= 0.6 is 11.3 Å². The average molecular weight is 407 g/mol. The van der Waals surface area contributed by atoms with Crippen molar-refractivity contribution in [2.75, 3.05) is 38.5 Å². The molecule has 0 bridgehead atoms. The van der Waals surface area contributed by atoms with Crippen molar-refractivity contribution >= 4 is 28.3 Å². The quantitative estimate of drug-likeness (QED) is 0.720. The number of carbonyl (C=O) groups excluding carboxylic acids is 2. The maximum atomic E-state index is 12.8. The number of nitrogens with one attached hydrogen (secondary N) is 1. The van der Waals surface area contributed by atoms with E-state index in [4.69, 9.17) is 0 Å². The molecule has 0 aliphatic carbocycles. The van der Waals surface area contributed by atoms with Gasteiger partial charge in [-0.3, -0.25) is 19.9 Å². The van der Waals surface area contributed by atoms with Crippen LogP contribution in [0.5, 0.6) is 0 Å². The number of likely N-dealkylation sites (N-methyl/N-ethyl adjacent to an activating group) is 1. The molecule has 4 rings (SSSR count). The molecule has 2 aromatic heterocycles. The minimum Gasteiger partial charge on any atom is -0.336 e. The zero-order valence-electron chi connectivity index (χ0n) is 16.0. The van der Waals surface area contributed by atoms with Crippen molar-refractivity contribution in [1.29, 1.82) is 0 Å². The highest BCUT2D eigenvalue weighted by molar-refractivity contribution is 7.14. The predicted molar refractivity (Wildman–Crippen MR) is 113 cm³/mol. The molecule has 0 saturated carbocycles. The van der Waals surface area contributed by atoms with Crippen molar-refractivity contribution in [2.24, 2.45) is 0 Å². The van der Waals surface area contributed by atoms with Crippen molar-refractivity contribution in [2.45, 2.75) is 0 Å². The fourth-order valence-electron chi connectivity index (χ4n) is 3.12. The first-order valence-electron chi connectivity index (χ1n) is 9.36. The Morgan fingerprint density at radius 1 is 1.00 bits per heavy atom. The SMILES string of the molecule is CN1CCN(C(=O)c2cccc(C(=O)Nc3nc(-c4ccccn4)cs3)c2)CC1. The van der Waals surface area contributed by atoms with Crippen LogP contribution in [-0.2, 0) is 0 Å². The molecule has 8 heteroatoms. The number of rotatable bonds is 4. The van der Waals surface area contributed by atoms with E-state index in [9.17, 15) is 9.59 Å². The van der Waals surface area contributed by atoms with Gasteiger partial charge in [-0.05, 0) is 37.4 Å². The van der Waals surface area contributed by atoms with E-state index < -0.39 is 0 Å². The Labute approximate surface area is 173 Å². The van der Waals surface area contributed by atoms with Crippen LogP contribution in [0.4, 0.5) is 5.13 Å². The van der Waals surface area contributed by atoms with Crippen molar-refractivity contribution in [3.63, 3.8) is 0 Å². The molecule has 0 radical (unpaired) electrons. The van der Waals surface area contributed by atoms with E-state index in [2.05, 4.69) is 20.2 Å². The molecule has 3 heterocycles. The van der Waals surface area contributed by atoms with Crippen LogP contribution in [0.25, 0.3) is 11.4 Å². The van der Waals surface area contributed by atoms with E-state index in [1.165, 1.54) is 11.3 Å². The summed E-state index contributed by atoms with van der Waals surface area (Å²) in [6.45, 7) is 3.10. The van der Waals surface area contributed by atoms with Crippen molar-refractivity contribution < 1.29 is 9.59 Å². The van der Waals surface area contributed by atoms with Crippen LogP contribution in [0.3, 0.4) is 0 Å². The minimum atomic E-state index is -0.292. The van der Waals surface area contributed by atoms with Crippen LogP contribution in [0.2, 0.25) is 0 Å². The third-order valence-corrected chi connectivity index (χ3v) is 5.57. The van der Waals surface area contributed by atoms with Crippen LogP contribution in [0.1, 0.15) is 20.7 Å². The van der Waals surface area contributed by atoms with Crippen LogP contribution in [0.15, 0.2) is 54.0 Å². The average Bonchev–Trinajstić information content (AvgIpc) is 3.23. The molecular formula is C21H21N5O2S. The Morgan fingerprint density at radius 3 is 2.55 bits per heavy atom. The fraction of sp³-hybridized carbons (Fsp3) is 0.238. The van der Waals surface area contributed by atoms with E-state index in [0.717, 1.165) is 18.8 Å². The van der Waals surface area contributed by atoms with Gasteiger partial charge in [0.1, 0.15) is 5.69 Å². The molecule has 0 unspecified atom stereocenters. The van der Waals surface area contributed by atoms with Gasteiger partial charge in [-0.1, -0.05) is 12.1 Å². The Morgan fingerprint density at radius 2 is 1.79 bits per heavy atom. The molecule has 0 spiro atoms. The summed E-state index contributed by atoms with van der Waals surface area (Å²) in [4.78, 5) is 38.1. The second kappa shape index (κ2) is 8.50. The van der Waals surface area contributed by atoms with E-state index in [1.807, 2.05) is 35.5 Å². The molecule has 29 heavy (non-hydrogen) atoms. The highest BCUT2D eigenvalue weighted by Gasteiger charge is 2.21. The summed E-state index contributed by atoms with van der Waals surface area (Å²) in [7, 11) is 2.05. The lowest BCUT2D eigenvalue weighted by molar-refractivity contribution is 0.0664. The van der Waals surface area contributed by atoms with E-state index in [-0.39, 0.29) is 11.8 Å². The molecule has 7 nitrogen and oxygen atoms in total. The summed E-state index contributed by atoms with van der Waals surface area (Å²) in [5, 5.41) is 5.15. The number of aromatic nitrogens is 2. The Kier molecular flexibility index (Phi) is 5.64. The summed E-state index contributed by atoms with van der Waals surface area (Å²) in [6.07, 6.45) is 1.70. The lowest BCUT2D eigenvalue weighted by atomic mass is 10.1. The number of carbonyl (C=O) groups is 2.